The maximum Gasteiger partial charge on any atom is 0.305 e. The van der Waals surface area contributed by atoms with E-state index in [4.69, 9.17) is 0 Å². The number of aromatic nitrogens is 4. The monoisotopic (exact) mass is 362 g/mol. The van der Waals surface area contributed by atoms with Gasteiger partial charge in [0.1, 0.15) is 11.3 Å². The second kappa shape index (κ2) is 5.60. The zero-order chi connectivity index (χ0) is 17.7. The van der Waals surface area contributed by atoms with Crippen LogP contribution >= 0.6 is 11.3 Å². The molecular weight excluding hydrogens is 351 g/mol. The first-order valence-electron chi connectivity index (χ1n) is 7.93. The number of halogens is 1. The lowest BCUT2D eigenvalue weighted by Crippen LogP contribution is -1.99. The molecule has 26 heavy (non-hydrogen) atoms. The smallest absolute Gasteiger partial charge is 0.305 e. The van der Waals surface area contributed by atoms with Crippen LogP contribution in [0, 0.1) is 5.95 Å². The van der Waals surface area contributed by atoms with E-state index in [9.17, 15) is 9.18 Å². The summed E-state index contributed by atoms with van der Waals surface area (Å²) in [5.74, 6) is 0.103. The summed E-state index contributed by atoms with van der Waals surface area (Å²) < 4.78 is 16.4. The maximum absolute atomic E-state index is 13.8. The van der Waals surface area contributed by atoms with Crippen molar-refractivity contribution >= 4 is 32.7 Å². The number of rotatable bonds is 2. The molecule has 0 saturated carbocycles. The van der Waals surface area contributed by atoms with Gasteiger partial charge in [0.05, 0.1) is 15.9 Å². The van der Waals surface area contributed by atoms with Crippen molar-refractivity contribution < 1.29 is 4.39 Å². The molecule has 0 aliphatic rings. The number of hydrogen-bond donors (Lipinski definition) is 1. The molecule has 126 valence electrons. The minimum atomic E-state index is -0.564. The number of H-pyrrole nitrogens is 1. The number of imidazole rings is 1. The van der Waals surface area contributed by atoms with E-state index in [-0.39, 0.29) is 4.87 Å². The zero-order valence-electron chi connectivity index (χ0n) is 13.3. The molecule has 0 atom stereocenters. The van der Waals surface area contributed by atoms with E-state index in [0.29, 0.717) is 17.0 Å². The summed E-state index contributed by atoms with van der Waals surface area (Å²) in [4.78, 5) is 23.0. The van der Waals surface area contributed by atoms with Crippen molar-refractivity contribution in [3.63, 3.8) is 0 Å². The largest absolute Gasteiger partial charge is 0.312 e. The third-order valence-electron chi connectivity index (χ3n) is 4.17. The Morgan fingerprint density at radius 3 is 2.69 bits per heavy atom. The van der Waals surface area contributed by atoms with Crippen LogP contribution in [0.3, 0.4) is 0 Å². The molecule has 0 radical (unpaired) electrons. The highest BCUT2D eigenvalue weighted by Gasteiger charge is 2.16. The van der Waals surface area contributed by atoms with Crippen molar-refractivity contribution in [2.45, 2.75) is 0 Å². The fourth-order valence-corrected chi connectivity index (χ4v) is 3.80. The van der Waals surface area contributed by atoms with Crippen LogP contribution in [0.25, 0.3) is 38.5 Å². The molecule has 0 amide bonds. The van der Waals surface area contributed by atoms with Crippen LogP contribution in [0.15, 0.2) is 65.5 Å². The summed E-state index contributed by atoms with van der Waals surface area (Å²) in [5, 5.41) is 0. The van der Waals surface area contributed by atoms with E-state index < -0.39 is 5.95 Å². The predicted molar refractivity (Wildman–Crippen MR) is 100 cm³/mol. The highest BCUT2D eigenvalue weighted by molar-refractivity contribution is 7.16. The molecule has 0 saturated heterocycles. The zero-order valence-corrected chi connectivity index (χ0v) is 14.1. The van der Waals surface area contributed by atoms with Gasteiger partial charge in [-0.2, -0.15) is 9.37 Å². The SMILES string of the molecule is O=c1[nH]c2ccc(-n3c(-c4ccccc4)nc4ccc(F)nc43)cc2s1. The lowest BCUT2D eigenvalue weighted by molar-refractivity contribution is 0.587. The Balaban J connectivity index is 1.86. The van der Waals surface area contributed by atoms with Crippen molar-refractivity contribution in [1.29, 1.82) is 0 Å². The first kappa shape index (κ1) is 15.0. The molecular formula is C19H11FN4OS. The summed E-state index contributed by atoms with van der Waals surface area (Å²) in [6.07, 6.45) is 0. The number of aromatic amines is 1. The fourth-order valence-electron chi connectivity index (χ4n) is 3.03. The first-order chi connectivity index (χ1) is 12.7. The van der Waals surface area contributed by atoms with E-state index in [0.717, 1.165) is 32.8 Å². The van der Waals surface area contributed by atoms with Crippen molar-refractivity contribution in [1.82, 2.24) is 19.5 Å². The molecule has 5 nitrogen and oxygen atoms in total. The van der Waals surface area contributed by atoms with Gasteiger partial charge in [-0.1, -0.05) is 41.7 Å². The normalized spacial score (nSPS) is 11.4. The molecule has 5 aromatic rings. The predicted octanol–water partition coefficient (Wildman–Crippen LogP) is 4.13. The molecule has 3 aromatic heterocycles. The molecule has 0 aliphatic heterocycles. The molecule has 0 bridgehead atoms. The molecule has 3 heterocycles. The van der Waals surface area contributed by atoms with Crippen molar-refractivity contribution in [2.75, 3.05) is 0 Å². The molecule has 1 N–H and O–H groups in total. The Bertz CT molecular complexity index is 1320. The molecule has 0 aliphatic carbocycles. The van der Waals surface area contributed by atoms with Gasteiger partial charge in [-0.05, 0) is 30.3 Å². The Morgan fingerprint density at radius 2 is 1.85 bits per heavy atom. The third-order valence-corrected chi connectivity index (χ3v) is 5.01. The Kier molecular flexibility index (Phi) is 3.23. The summed E-state index contributed by atoms with van der Waals surface area (Å²) in [6.45, 7) is 0. The van der Waals surface area contributed by atoms with Crippen LogP contribution in [-0.2, 0) is 0 Å². The topological polar surface area (TPSA) is 63.6 Å². The van der Waals surface area contributed by atoms with Crippen molar-refractivity contribution in [3.05, 3.63) is 76.3 Å². The van der Waals surface area contributed by atoms with Gasteiger partial charge >= 0.3 is 4.87 Å². The number of benzene rings is 2. The Labute approximate surface area is 150 Å². The van der Waals surface area contributed by atoms with Crippen LogP contribution in [0.2, 0.25) is 0 Å². The molecule has 5 rings (SSSR count). The molecule has 7 heteroatoms. The quantitative estimate of drug-likeness (QED) is 0.480. The summed E-state index contributed by atoms with van der Waals surface area (Å²) >= 11 is 1.13. The number of nitrogens with one attached hydrogen (secondary N) is 1. The summed E-state index contributed by atoms with van der Waals surface area (Å²) in [6, 6.07) is 18.2. The summed E-state index contributed by atoms with van der Waals surface area (Å²) in [7, 11) is 0. The average Bonchev–Trinajstić information content (AvgIpc) is 3.20. The van der Waals surface area contributed by atoms with Crippen LogP contribution in [0.4, 0.5) is 4.39 Å². The standard InChI is InChI=1S/C19H11FN4OS/c20-16-9-8-14-18(23-16)24(17(21-14)11-4-2-1-3-5-11)12-6-7-13-15(10-12)26-19(25)22-13/h1-10H,(H,22,25). The maximum atomic E-state index is 13.8. The first-order valence-corrected chi connectivity index (χ1v) is 8.74. The molecule has 0 spiro atoms. The number of pyridine rings is 1. The van der Waals surface area contributed by atoms with Gasteiger partial charge in [-0.15, -0.1) is 0 Å². The van der Waals surface area contributed by atoms with Gasteiger partial charge in [-0.25, -0.2) is 4.98 Å². The van der Waals surface area contributed by atoms with Gasteiger partial charge < -0.3 is 4.98 Å². The van der Waals surface area contributed by atoms with Crippen molar-refractivity contribution in [2.24, 2.45) is 0 Å². The number of hydrogen-bond acceptors (Lipinski definition) is 4. The summed E-state index contributed by atoms with van der Waals surface area (Å²) in [5.41, 5.74) is 3.48. The van der Waals surface area contributed by atoms with Gasteiger partial charge in [0, 0.05) is 5.56 Å². The van der Waals surface area contributed by atoms with E-state index in [1.54, 1.807) is 6.07 Å². The van der Waals surface area contributed by atoms with E-state index in [1.165, 1.54) is 6.07 Å². The van der Waals surface area contributed by atoms with Crippen LogP contribution in [0.1, 0.15) is 0 Å². The van der Waals surface area contributed by atoms with Crippen LogP contribution in [-0.4, -0.2) is 19.5 Å². The van der Waals surface area contributed by atoms with E-state index in [2.05, 4.69) is 15.0 Å². The second-order valence-electron chi connectivity index (χ2n) is 5.81. The van der Waals surface area contributed by atoms with Crippen LogP contribution in [0.5, 0.6) is 0 Å². The van der Waals surface area contributed by atoms with Crippen molar-refractivity contribution in [3.8, 4) is 17.1 Å². The van der Waals surface area contributed by atoms with Gasteiger partial charge in [0.15, 0.2) is 5.65 Å². The van der Waals surface area contributed by atoms with Gasteiger partial charge in [-0.3, -0.25) is 9.36 Å². The lowest BCUT2D eigenvalue weighted by Gasteiger charge is -2.09. The minimum absolute atomic E-state index is 0.111. The minimum Gasteiger partial charge on any atom is -0.312 e. The third kappa shape index (κ3) is 2.33. The number of fused-ring (bicyclic) bond motifs is 2. The fraction of sp³-hybridized carbons (Fsp3) is 0. The number of thiazole rings is 1. The highest BCUT2D eigenvalue weighted by Crippen LogP contribution is 2.29. The molecule has 2 aromatic carbocycles. The Morgan fingerprint density at radius 1 is 1.00 bits per heavy atom. The van der Waals surface area contributed by atoms with Crippen LogP contribution < -0.4 is 4.87 Å². The average molecular weight is 362 g/mol. The van der Waals surface area contributed by atoms with E-state index >= 15 is 0 Å². The van der Waals surface area contributed by atoms with E-state index in [1.807, 2.05) is 53.1 Å². The molecule has 0 fully saturated rings. The molecule has 0 unspecified atom stereocenters. The number of nitrogens with zero attached hydrogens (tertiary/aromatic N) is 3. The van der Waals surface area contributed by atoms with Gasteiger partial charge in [0.2, 0.25) is 5.95 Å². The lowest BCUT2D eigenvalue weighted by atomic mass is 10.2. The highest BCUT2D eigenvalue weighted by atomic mass is 32.1. The second-order valence-corrected chi connectivity index (χ2v) is 6.82. The van der Waals surface area contributed by atoms with Gasteiger partial charge in [0.25, 0.3) is 0 Å². The Hall–Kier alpha value is -3.32.